The molecule has 0 radical (unpaired) electrons. The van der Waals surface area contributed by atoms with Crippen LogP contribution in [0.3, 0.4) is 0 Å². The molecule has 3 aromatic carbocycles. The highest BCUT2D eigenvalue weighted by atomic mass is 19.1. The Balaban J connectivity index is 2.08. The molecular formula is C24H21FN+. The van der Waals surface area contributed by atoms with Crippen LogP contribution in [0.4, 0.5) is 4.39 Å². The van der Waals surface area contributed by atoms with E-state index in [0.29, 0.717) is 0 Å². The van der Waals surface area contributed by atoms with Crippen molar-refractivity contribution < 1.29 is 8.96 Å². The molecule has 0 aliphatic heterocycles. The third-order valence-electron chi connectivity index (χ3n) is 5.02. The Morgan fingerprint density at radius 2 is 1.50 bits per heavy atom. The second-order valence-corrected chi connectivity index (χ2v) is 6.84. The average molecular weight is 342 g/mol. The number of nitrogens with zero attached hydrogens (tertiary/aromatic N) is 1. The molecule has 26 heavy (non-hydrogen) atoms. The van der Waals surface area contributed by atoms with Gasteiger partial charge in [0.25, 0.3) is 0 Å². The molecule has 0 atom stereocenters. The van der Waals surface area contributed by atoms with Crippen LogP contribution in [0.2, 0.25) is 0 Å². The van der Waals surface area contributed by atoms with Gasteiger partial charge in [-0.05, 0) is 49.2 Å². The molecule has 0 N–H and O–H groups in total. The molecule has 4 aromatic rings. The van der Waals surface area contributed by atoms with Crippen LogP contribution in [0.1, 0.15) is 11.1 Å². The lowest BCUT2D eigenvalue weighted by atomic mass is 9.95. The summed E-state index contributed by atoms with van der Waals surface area (Å²) >= 11 is 0. The van der Waals surface area contributed by atoms with E-state index >= 15 is 0 Å². The van der Waals surface area contributed by atoms with Crippen molar-refractivity contribution >= 4 is 10.9 Å². The summed E-state index contributed by atoms with van der Waals surface area (Å²) < 4.78 is 15.7. The van der Waals surface area contributed by atoms with Crippen molar-refractivity contribution in [3.63, 3.8) is 0 Å². The predicted molar refractivity (Wildman–Crippen MR) is 105 cm³/mol. The van der Waals surface area contributed by atoms with E-state index in [1.54, 1.807) is 0 Å². The molecule has 0 saturated heterocycles. The van der Waals surface area contributed by atoms with Crippen molar-refractivity contribution in [3.05, 3.63) is 89.7 Å². The van der Waals surface area contributed by atoms with Crippen LogP contribution in [0.5, 0.6) is 0 Å². The molecule has 0 fully saturated rings. The first-order valence-electron chi connectivity index (χ1n) is 8.80. The second-order valence-electron chi connectivity index (χ2n) is 6.84. The van der Waals surface area contributed by atoms with Gasteiger partial charge in [0.15, 0.2) is 0 Å². The number of aryl methyl sites for hydroxylation is 3. The molecule has 0 amide bonds. The first kappa shape index (κ1) is 16.5. The fourth-order valence-corrected chi connectivity index (χ4v) is 3.57. The van der Waals surface area contributed by atoms with Crippen molar-refractivity contribution in [1.82, 2.24) is 0 Å². The van der Waals surface area contributed by atoms with Crippen LogP contribution in [-0.4, -0.2) is 0 Å². The number of pyridine rings is 1. The number of hydrogen-bond acceptors (Lipinski definition) is 0. The molecule has 0 spiro atoms. The molecule has 0 saturated carbocycles. The lowest BCUT2D eigenvalue weighted by Crippen LogP contribution is -2.32. The van der Waals surface area contributed by atoms with Crippen LogP contribution in [0, 0.1) is 19.7 Å². The van der Waals surface area contributed by atoms with E-state index in [1.165, 1.54) is 28.8 Å². The quantitative estimate of drug-likeness (QED) is 0.408. The summed E-state index contributed by atoms with van der Waals surface area (Å²) in [5.41, 5.74) is 8.16. The summed E-state index contributed by atoms with van der Waals surface area (Å²) in [6, 6.07) is 23.9. The van der Waals surface area contributed by atoms with Gasteiger partial charge < -0.3 is 0 Å². The third kappa shape index (κ3) is 2.78. The first-order valence-corrected chi connectivity index (χ1v) is 8.80. The van der Waals surface area contributed by atoms with E-state index in [-0.39, 0.29) is 5.82 Å². The Morgan fingerprint density at radius 1 is 0.769 bits per heavy atom. The highest BCUT2D eigenvalue weighted by Gasteiger charge is 2.20. The van der Waals surface area contributed by atoms with Crippen LogP contribution >= 0.6 is 0 Å². The second kappa shape index (κ2) is 6.38. The van der Waals surface area contributed by atoms with E-state index in [0.717, 1.165) is 27.7 Å². The monoisotopic (exact) mass is 342 g/mol. The summed E-state index contributed by atoms with van der Waals surface area (Å²) in [5.74, 6) is -0.214. The molecule has 1 nitrogen and oxygen atoms in total. The maximum absolute atomic E-state index is 13.4. The molecule has 0 unspecified atom stereocenters. The summed E-state index contributed by atoms with van der Waals surface area (Å²) in [6.45, 7) is 4.26. The van der Waals surface area contributed by atoms with Crippen molar-refractivity contribution in [3.8, 4) is 22.4 Å². The zero-order valence-corrected chi connectivity index (χ0v) is 15.3. The Labute approximate surface area is 153 Å². The first-order chi connectivity index (χ1) is 12.5. The van der Waals surface area contributed by atoms with Crippen LogP contribution in [-0.2, 0) is 7.05 Å². The van der Waals surface area contributed by atoms with Gasteiger partial charge in [-0.1, -0.05) is 42.0 Å². The van der Waals surface area contributed by atoms with E-state index in [1.807, 2.05) is 18.2 Å². The van der Waals surface area contributed by atoms with Crippen LogP contribution < -0.4 is 4.57 Å². The Morgan fingerprint density at radius 3 is 2.27 bits per heavy atom. The number of aromatic nitrogens is 1. The van der Waals surface area contributed by atoms with Gasteiger partial charge in [0.05, 0.1) is 5.39 Å². The predicted octanol–water partition coefficient (Wildman–Crippen LogP) is 5.75. The number of benzene rings is 3. The molecule has 4 rings (SSSR count). The van der Waals surface area contributed by atoms with Gasteiger partial charge in [0, 0.05) is 23.3 Å². The van der Waals surface area contributed by atoms with Crippen LogP contribution in [0.25, 0.3) is 33.3 Å². The number of rotatable bonds is 2. The van der Waals surface area contributed by atoms with E-state index in [9.17, 15) is 4.39 Å². The lowest BCUT2D eigenvalue weighted by molar-refractivity contribution is -0.633. The summed E-state index contributed by atoms with van der Waals surface area (Å²) in [7, 11) is 2.11. The summed E-state index contributed by atoms with van der Waals surface area (Å²) in [4.78, 5) is 0. The summed E-state index contributed by atoms with van der Waals surface area (Å²) in [6.07, 6.45) is 0. The maximum Gasteiger partial charge on any atom is 0.213 e. The van der Waals surface area contributed by atoms with Crippen molar-refractivity contribution in [2.45, 2.75) is 13.8 Å². The smallest absolute Gasteiger partial charge is 0.207 e. The Bertz CT molecular complexity index is 1110. The Kier molecular flexibility index (Phi) is 4.04. The number of hydrogen-bond donors (Lipinski definition) is 0. The zero-order valence-electron chi connectivity index (χ0n) is 15.3. The SMILES string of the molecule is Cc1ccc(C)c(-c2cc(-c3ccc(F)cc3)c3ccccc3[n+]2C)c1. The fourth-order valence-electron chi connectivity index (χ4n) is 3.57. The minimum atomic E-state index is -0.214. The molecule has 1 aromatic heterocycles. The minimum absolute atomic E-state index is 0.214. The molecule has 2 heteroatoms. The molecule has 0 aliphatic rings. The molecule has 0 bridgehead atoms. The van der Waals surface area contributed by atoms with E-state index in [2.05, 4.69) is 67.9 Å². The maximum atomic E-state index is 13.4. The number of fused-ring (bicyclic) bond motifs is 1. The number of halogens is 1. The largest absolute Gasteiger partial charge is 0.213 e. The molecule has 1 heterocycles. The van der Waals surface area contributed by atoms with Gasteiger partial charge in [-0.15, -0.1) is 0 Å². The Hall–Kier alpha value is -3.00. The van der Waals surface area contributed by atoms with Crippen LogP contribution in [0.15, 0.2) is 72.8 Å². The van der Waals surface area contributed by atoms with Gasteiger partial charge in [0.2, 0.25) is 11.2 Å². The zero-order chi connectivity index (χ0) is 18.3. The van der Waals surface area contributed by atoms with Gasteiger partial charge in [-0.2, -0.15) is 4.57 Å². The van der Waals surface area contributed by atoms with E-state index in [4.69, 9.17) is 0 Å². The van der Waals surface area contributed by atoms with Gasteiger partial charge in [-0.25, -0.2) is 4.39 Å². The topological polar surface area (TPSA) is 3.88 Å². The molecular weight excluding hydrogens is 321 g/mol. The minimum Gasteiger partial charge on any atom is -0.207 e. The molecule has 128 valence electrons. The van der Waals surface area contributed by atoms with Crippen molar-refractivity contribution in [2.24, 2.45) is 7.05 Å². The van der Waals surface area contributed by atoms with Gasteiger partial charge in [0.1, 0.15) is 12.9 Å². The lowest BCUT2D eigenvalue weighted by Gasteiger charge is -2.12. The van der Waals surface area contributed by atoms with Gasteiger partial charge in [-0.3, -0.25) is 0 Å². The fraction of sp³-hybridized carbons (Fsp3) is 0.125. The third-order valence-corrected chi connectivity index (χ3v) is 5.02. The van der Waals surface area contributed by atoms with Crippen molar-refractivity contribution in [2.75, 3.05) is 0 Å². The van der Waals surface area contributed by atoms with Gasteiger partial charge >= 0.3 is 0 Å². The molecule has 0 aliphatic carbocycles. The highest BCUT2D eigenvalue weighted by Crippen LogP contribution is 2.32. The average Bonchev–Trinajstić information content (AvgIpc) is 2.65. The summed E-state index contributed by atoms with van der Waals surface area (Å²) in [5, 5.41) is 1.16. The van der Waals surface area contributed by atoms with Crippen molar-refractivity contribution in [1.29, 1.82) is 0 Å². The standard InChI is InChI=1S/C24H21FN/c1-16-8-9-17(2)21(14-16)24-15-22(18-10-12-19(25)13-11-18)20-6-4-5-7-23(20)26(24)3/h4-15H,1-3H3/q+1. The number of para-hydroxylation sites is 1. The van der Waals surface area contributed by atoms with E-state index < -0.39 is 0 Å². The normalized spacial score (nSPS) is 11.1. The highest BCUT2D eigenvalue weighted by molar-refractivity contribution is 5.94.